The van der Waals surface area contributed by atoms with E-state index in [1.54, 1.807) is 18.9 Å². The Hall–Kier alpha value is -0.485. The summed E-state index contributed by atoms with van der Waals surface area (Å²) in [5.74, 6) is 0.965. The molecule has 1 saturated heterocycles. The first-order valence-electron chi connectivity index (χ1n) is 6.93. The van der Waals surface area contributed by atoms with Gasteiger partial charge in [0.2, 0.25) is 0 Å². The lowest BCUT2D eigenvalue weighted by atomic mass is 9.79. The van der Waals surface area contributed by atoms with Gasteiger partial charge in [-0.3, -0.25) is 0 Å². The number of methoxy groups -OCH3 is 1. The Labute approximate surface area is 126 Å². The quantitative estimate of drug-likeness (QED) is 0.474. The summed E-state index contributed by atoms with van der Waals surface area (Å²) < 4.78 is 17.1. The van der Waals surface area contributed by atoms with Gasteiger partial charge in [0, 0.05) is 17.8 Å². The number of hydrogen-bond donors (Lipinski definition) is 0. The highest BCUT2D eigenvalue weighted by Crippen LogP contribution is 2.36. The minimum atomic E-state index is -0.288. The van der Waals surface area contributed by atoms with E-state index in [2.05, 4.69) is 52.0 Å². The smallest absolute Gasteiger partial charge is 0.399 e. The average Bonchev–Trinajstić information content (AvgIpc) is 2.60. The van der Waals surface area contributed by atoms with E-state index in [4.69, 9.17) is 14.0 Å². The zero-order valence-corrected chi connectivity index (χ0v) is 13.8. The minimum Gasteiger partial charge on any atom is -0.399 e. The molecule has 1 aliphatic heterocycles. The van der Waals surface area contributed by atoms with Crippen LogP contribution in [0.5, 0.6) is 0 Å². The zero-order chi connectivity index (χ0) is 14.8. The second-order valence-corrected chi connectivity index (χ2v) is 7.17. The predicted octanol–water partition coefficient (Wildman–Crippen LogP) is 2.72. The van der Waals surface area contributed by atoms with E-state index in [1.807, 2.05) is 0 Å². The molecule has 1 heterocycles. The van der Waals surface area contributed by atoms with Crippen molar-refractivity contribution in [2.75, 3.05) is 19.5 Å². The van der Waals surface area contributed by atoms with Crippen molar-refractivity contribution >= 4 is 24.3 Å². The lowest BCUT2D eigenvalue weighted by molar-refractivity contribution is 0.00578. The summed E-state index contributed by atoms with van der Waals surface area (Å²) in [5, 5.41) is 0. The Morgan fingerprint density at radius 3 is 2.10 bits per heavy atom. The van der Waals surface area contributed by atoms with Crippen LogP contribution in [0.1, 0.15) is 27.7 Å². The molecule has 1 aromatic rings. The Morgan fingerprint density at radius 1 is 1.05 bits per heavy atom. The van der Waals surface area contributed by atoms with E-state index < -0.39 is 0 Å². The van der Waals surface area contributed by atoms with Crippen molar-refractivity contribution in [2.45, 2.75) is 43.8 Å². The lowest BCUT2D eigenvalue weighted by Gasteiger charge is -2.32. The van der Waals surface area contributed by atoms with Crippen LogP contribution >= 0.6 is 11.8 Å². The van der Waals surface area contributed by atoms with Crippen LogP contribution in [0, 0.1) is 0 Å². The van der Waals surface area contributed by atoms with Crippen molar-refractivity contribution in [1.29, 1.82) is 0 Å². The first-order chi connectivity index (χ1) is 9.36. The summed E-state index contributed by atoms with van der Waals surface area (Å²) in [5.41, 5.74) is 0.493. The van der Waals surface area contributed by atoms with Gasteiger partial charge in [0.1, 0.15) is 0 Å². The zero-order valence-electron chi connectivity index (χ0n) is 12.9. The van der Waals surface area contributed by atoms with E-state index >= 15 is 0 Å². The summed E-state index contributed by atoms with van der Waals surface area (Å²) in [6, 6.07) is 8.38. The molecule has 0 bridgehead atoms. The molecule has 0 spiro atoms. The predicted molar refractivity (Wildman–Crippen MR) is 84.8 cm³/mol. The number of benzene rings is 1. The van der Waals surface area contributed by atoms with Gasteiger partial charge < -0.3 is 14.0 Å². The first-order valence-corrected chi connectivity index (χ1v) is 7.92. The average molecular weight is 294 g/mol. The Morgan fingerprint density at radius 2 is 1.60 bits per heavy atom. The first kappa shape index (κ1) is 15.9. The highest BCUT2D eigenvalue weighted by atomic mass is 32.2. The van der Waals surface area contributed by atoms with Gasteiger partial charge in [0.05, 0.1) is 17.8 Å². The van der Waals surface area contributed by atoms with Crippen LogP contribution in [0.25, 0.3) is 0 Å². The Bertz CT molecular complexity index is 429. The molecule has 0 unspecified atom stereocenters. The molecular weight excluding hydrogens is 271 g/mol. The van der Waals surface area contributed by atoms with Crippen LogP contribution in [0.2, 0.25) is 0 Å². The fraction of sp³-hybridized carbons (Fsp3) is 0.600. The van der Waals surface area contributed by atoms with Gasteiger partial charge in [-0.05, 0) is 45.3 Å². The maximum Gasteiger partial charge on any atom is 0.494 e. The molecule has 3 nitrogen and oxygen atoms in total. The number of ether oxygens (including phenoxy) is 1. The van der Waals surface area contributed by atoms with Gasteiger partial charge >= 0.3 is 7.12 Å². The van der Waals surface area contributed by atoms with Crippen molar-refractivity contribution in [3.05, 3.63) is 24.3 Å². The largest absolute Gasteiger partial charge is 0.494 e. The lowest BCUT2D eigenvalue weighted by Crippen LogP contribution is -2.41. The summed E-state index contributed by atoms with van der Waals surface area (Å²) >= 11 is 1.79. The third-order valence-electron chi connectivity index (χ3n) is 3.96. The second-order valence-electron chi connectivity index (χ2n) is 6.00. The van der Waals surface area contributed by atoms with Crippen molar-refractivity contribution in [3.63, 3.8) is 0 Å². The van der Waals surface area contributed by atoms with Crippen LogP contribution in [-0.2, 0) is 14.0 Å². The van der Waals surface area contributed by atoms with Gasteiger partial charge in [-0.2, -0.15) is 0 Å². The highest BCUT2D eigenvalue weighted by molar-refractivity contribution is 7.99. The van der Waals surface area contributed by atoms with Crippen molar-refractivity contribution in [1.82, 2.24) is 0 Å². The van der Waals surface area contributed by atoms with E-state index in [1.165, 1.54) is 4.90 Å². The summed E-state index contributed by atoms with van der Waals surface area (Å²) in [4.78, 5) is 1.24. The highest BCUT2D eigenvalue weighted by Gasteiger charge is 2.51. The van der Waals surface area contributed by atoms with Gasteiger partial charge in [-0.25, -0.2) is 0 Å². The van der Waals surface area contributed by atoms with Crippen LogP contribution in [0.4, 0.5) is 0 Å². The molecule has 5 heteroatoms. The molecule has 110 valence electrons. The molecule has 1 aromatic carbocycles. The van der Waals surface area contributed by atoms with Gasteiger partial charge in [0.25, 0.3) is 0 Å². The van der Waals surface area contributed by atoms with Gasteiger partial charge in [-0.1, -0.05) is 12.1 Å². The third kappa shape index (κ3) is 3.39. The number of hydrogen-bond acceptors (Lipinski definition) is 4. The van der Waals surface area contributed by atoms with Crippen molar-refractivity contribution < 1.29 is 14.0 Å². The topological polar surface area (TPSA) is 27.7 Å². The molecule has 0 radical (unpaired) electrons. The molecule has 1 fully saturated rings. The van der Waals surface area contributed by atoms with Crippen LogP contribution in [0.3, 0.4) is 0 Å². The standard InChI is InChI=1S/C15H23BO3S/c1-14(2)15(3,4)19-16(18-14)12-6-8-13(9-7-12)20-11-10-17-5/h6-9H,10-11H2,1-5H3. The number of thioether (sulfide) groups is 1. The normalized spacial score (nSPS) is 20.4. The van der Waals surface area contributed by atoms with Gasteiger partial charge in [-0.15, -0.1) is 11.8 Å². The molecule has 20 heavy (non-hydrogen) atoms. The Kier molecular flexibility index (Phi) is 4.85. The van der Waals surface area contributed by atoms with Crippen LogP contribution in [0.15, 0.2) is 29.2 Å². The monoisotopic (exact) mass is 294 g/mol. The van der Waals surface area contributed by atoms with Gasteiger partial charge in [0.15, 0.2) is 0 Å². The van der Waals surface area contributed by atoms with Crippen molar-refractivity contribution in [3.8, 4) is 0 Å². The van der Waals surface area contributed by atoms with E-state index in [0.717, 1.165) is 17.8 Å². The molecule has 1 aliphatic rings. The summed E-state index contributed by atoms with van der Waals surface area (Å²) in [7, 11) is 1.44. The third-order valence-corrected chi connectivity index (χ3v) is 4.94. The molecule has 0 atom stereocenters. The molecule has 0 saturated carbocycles. The minimum absolute atomic E-state index is 0.280. The SMILES string of the molecule is COCCSc1ccc(B2OC(C)(C)C(C)(C)O2)cc1. The maximum absolute atomic E-state index is 6.04. The van der Waals surface area contributed by atoms with E-state index in [9.17, 15) is 0 Å². The Balaban J connectivity index is 2.01. The maximum atomic E-state index is 6.04. The summed E-state index contributed by atoms with van der Waals surface area (Å²) in [6.07, 6.45) is 0. The molecule has 0 N–H and O–H groups in total. The molecule has 0 amide bonds. The summed E-state index contributed by atoms with van der Waals surface area (Å²) in [6.45, 7) is 9.05. The molecule has 2 rings (SSSR count). The van der Waals surface area contributed by atoms with E-state index in [0.29, 0.717) is 0 Å². The van der Waals surface area contributed by atoms with Crippen molar-refractivity contribution in [2.24, 2.45) is 0 Å². The fourth-order valence-electron chi connectivity index (χ4n) is 1.94. The fourth-order valence-corrected chi connectivity index (χ4v) is 2.76. The number of rotatable bonds is 5. The van der Waals surface area contributed by atoms with E-state index in [-0.39, 0.29) is 18.3 Å². The molecular formula is C15H23BO3S. The second kappa shape index (κ2) is 6.10. The van der Waals surface area contributed by atoms with Crippen LogP contribution < -0.4 is 5.46 Å². The molecule has 0 aliphatic carbocycles. The van der Waals surface area contributed by atoms with Crippen LogP contribution in [-0.4, -0.2) is 37.8 Å². The molecule has 0 aromatic heterocycles.